The Kier molecular flexibility index (Phi) is 4.46. The van der Waals surface area contributed by atoms with Gasteiger partial charge in [-0.2, -0.15) is 0 Å². The van der Waals surface area contributed by atoms with Gasteiger partial charge in [0.05, 0.1) is 4.92 Å². The smallest absolute Gasteiger partial charge is 0.428 e. The average Bonchev–Trinajstić information content (AvgIpc) is 2.90. The van der Waals surface area contributed by atoms with Crippen molar-refractivity contribution in [2.24, 2.45) is 0 Å². The van der Waals surface area contributed by atoms with E-state index in [0.29, 0.717) is 5.56 Å². The molecule has 0 radical (unpaired) electrons. The quantitative estimate of drug-likeness (QED) is 0.356. The van der Waals surface area contributed by atoms with E-state index in [-0.39, 0.29) is 11.4 Å². The van der Waals surface area contributed by atoms with Gasteiger partial charge in [-0.05, 0) is 38.3 Å². The van der Waals surface area contributed by atoms with Gasteiger partial charge in [0.1, 0.15) is 11.4 Å². The summed E-state index contributed by atoms with van der Waals surface area (Å²) in [6.07, 6.45) is -0.848. The molecule has 0 unspecified atom stereocenters. The van der Waals surface area contributed by atoms with E-state index in [4.69, 9.17) is 9.47 Å². The minimum Gasteiger partial charge on any atom is -0.428 e. The van der Waals surface area contributed by atoms with Crippen LogP contribution in [0.25, 0.3) is 10.4 Å². The molecule has 0 bridgehead atoms. The van der Waals surface area contributed by atoms with Crippen LogP contribution in [0.3, 0.4) is 0 Å². The molecule has 7 heteroatoms. The highest BCUT2D eigenvalue weighted by molar-refractivity contribution is 7.13. The number of carbonyl (C=O) groups is 1. The second-order valence-corrected chi connectivity index (χ2v) is 6.43. The Morgan fingerprint density at radius 3 is 2.55 bits per heavy atom. The van der Waals surface area contributed by atoms with Gasteiger partial charge in [0.15, 0.2) is 0 Å². The maximum Gasteiger partial charge on any atom is 0.514 e. The third-order valence-electron chi connectivity index (χ3n) is 2.54. The first-order valence-corrected chi connectivity index (χ1v) is 7.37. The van der Waals surface area contributed by atoms with Gasteiger partial charge in [0, 0.05) is 22.6 Å². The van der Waals surface area contributed by atoms with Crippen LogP contribution in [0.15, 0.2) is 35.7 Å². The van der Waals surface area contributed by atoms with Gasteiger partial charge >= 0.3 is 6.16 Å². The molecule has 1 aromatic carbocycles. The van der Waals surface area contributed by atoms with E-state index in [0.717, 1.165) is 4.88 Å². The minimum absolute atomic E-state index is 0.0695. The Morgan fingerprint density at radius 1 is 1.27 bits per heavy atom. The van der Waals surface area contributed by atoms with E-state index in [9.17, 15) is 14.9 Å². The molecule has 2 aromatic rings. The highest BCUT2D eigenvalue weighted by Crippen LogP contribution is 2.36. The van der Waals surface area contributed by atoms with Crippen molar-refractivity contribution in [1.82, 2.24) is 0 Å². The van der Waals surface area contributed by atoms with Crippen LogP contribution in [0.5, 0.6) is 5.75 Å². The van der Waals surface area contributed by atoms with Crippen LogP contribution in [0, 0.1) is 10.1 Å². The van der Waals surface area contributed by atoms with E-state index in [1.165, 1.54) is 29.5 Å². The lowest BCUT2D eigenvalue weighted by Gasteiger charge is -2.19. The minimum atomic E-state index is -0.848. The first-order chi connectivity index (χ1) is 10.3. The molecule has 2 rings (SSSR count). The number of rotatable bonds is 3. The van der Waals surface area contributed by atoms with Crippen LogP contribution < -0.4 is 4.74 Å². The molecule has 0 saturated carbocycles. The van der Waals surface area contributed by atoms with Crippen molar-refractivity contribution < 1.29 is 19.2 Å². The van der Waals surface area contributed by atoms with E-state index < -0.39 is 16.7 Å². The van der Waals surface area contributed by atoms with Gasteiger partial charge in [-0.25, -0.2) is 4.79 Å². The van der Waals surface area contributed by atoms with Crippen molar-refractivity contribution in [3.8, 4) is 16.2 Å². The van der Waals surface area contributed by atoms with Crippen LogP contribution in [-0.4, -0.2) is 16.7 Å². The lowest BCUT2D eigenvalue weighted by Crippen LogP contribution is -2.26. The molecule has 6 nitrogen and oxygen atoms in total. The van der Waals surface area contributed by atoms with Crippen molar-refractivity contribution in [3.05, 3.63) is 45.8 Å². The summed E-state index contributed by atoms with van der Waals surface area (Å²) in [5.41, 5.74) is -0.268. The van der Waals surface area contributed by atoms with Crippen LogP contribution >= 0.6 is 11.3 Å². The first-order valence-electron chi connectivity index (χ1n) is 6.49. The predicted octanol–water partition coefficient (Wildman–Crippen LogP) is 4.64. The number of nitrogens with zero attached hydrogens (tertiary/aromatic N) is 1. The van der Waals surface area contributed by atoms with Crippen molar-refractivity contribution in [1.29, 1.82) is 0 Å². The van der Waals surface area contributed by atoms with Gasteiger partial charge < -0.3 is 9.47 Å². The molecule has 0 aliphatic heterocycles. The molecular weight excluding hydrogens is 306 g/mol. The molecule has 0 N–H and O–H groups in total. The normalized spacial score (nSPS) is 11.0. The summed E-state index contributed by atoms with van der Waals surface area (Å²) in [6.45, 7) is 5.18. The Bertz CT molecular complexity index is 688. The van der Waals surface area contributed by atoms with Crippen molar-refractivity contribution in [2.75, 3.05) is 0 Å². The van der Waals surface area contributed by atoms with Gasteiger partial charge in [-0.3, -0.25) is 10.1 Å². The zero-order chi connectivity index (χ0) is 16.3. The highest BCUT2D eigenvalue weighted by Gasteiger charge is 2.21. The largest absolute Gasteiger partial charge is 0.514 e. The van der Waals surface area contributed by atoms with Crippen LogP contribution in [0.1, 0.15) is 20.8 Å². The summed E-state index contributed by atoms with van der Waals surface area (Å²) in [5.74, 6) is 0.224. The summed E-state index contributed by atoms with van der Waals surface area (Å²) < 4.78 is 10.3. The van der Waals surface area contributed by atoms with Gasteiger partial charge in [0.2, 0.25) is 0 Å². The Balaban J connectivity index is 2.35. The molecular formula is C15H15NO5S. The van der Waals surface area contributed by atoms with E-state index in [2.05, 4.69) is 0 Å². The highest BCUT2D eigenvalue weighted by atomic mass is 32.1. The number of nitro groups is 1. The number of carbonyl (C=O) groups excluding carboxylic acids is 1. The van der Waals surface area contributed by atoms with Gasteiger partial charge in [0.25, 0.3) is 5.69 Å². The third-order valence-corrected chi connectivity index (χ3v) is 3.45. The van der Waals surface area contributed by atoms with Crippen molar-refractivity contribution >= 4 is 23.2 Å². The summed E-state index contributed by atoms with van der Waals surface area (Å²) in [7, 11) is 0. The second-order valence-electron chi connectivity index (χ2n) is 5.48. The van der Waals surface area contributed by atoms with Gasteiger partial charge in [-0.1, -0.05) is 6.07 Å². The standard InChI is InChI=1S/C15H15NO5S/c1-15(2,3)21-14(17)20-12-7-6-10(16(18)19)9-11(12)13-5-4-8-22-13/h4-9H,1-3H3. The topological polar surface area (TPSA) is 78.7 Å². The van der Waals surface area contributed by atoms with Crippen molar-refractivity contribution in [3.63, 3.8) is 0 Å². The molecule has 1 aromatic heterocycles. The monoisotopic (exact) mass is 321 g/mol. The zero-order valence-corrected chi connectivity index (χ0v) is 13.2. The average molecular weight is 321 g/mol. The Hall–Kier alpha value is -2.41. The molecule has 0 aliphatic carbocycles. The summed E-state index contributed by atoms with van der Waals surface area (Å²) in [6, 6.07) is 7.68. The molecule has 22 heavy (non-hydrogen) atoms. The molecule has 116 valence electrons. The van der Waals surface area contributed by atoms with Crippen LogP contribution in [0.2, 0.25) is 0 Å². The van der Waals surface area contributed by atoms with E-state index in [1.807, 2.05) is 11.4 Å². The predicted molar refractivity (Wildman–Crippen MR) is 83.3 cm³/mol. The van der Waals surface area contributed by atoms with Crippen LogP contribution in [-0.2, 0) is 4.74 Å². The fourth-order valence-electron chi connectivity index (χ4n) is 1.71. The Morgan fingerprint density at radius 2 is 2.00 bits per heavy atom. The number of hydrogen-bond acceptors (Lipinski definition) is 6. The molecule has 0 fully saturated rings. The fourth-order valence-corrected chi connectivity index (χ4v) is 2.45. The summed E-state index contributed by atoms with van der Waals surface area (Å²) in [5, 5.41) is 12.8. The van der Waals surface area contributed by atoms with E-state index in [1.54, 1.807) is 26.8 Å². The van der Waals surface area contributed by atoms with Crippen LogP contribution in [0.4, 0.5) is 10.5 Å². The number of ether oxygens (including phenoxy) is 2. The maximum atomic E-state index is 11.8. The summed E-state index contributed by atoms with van der Waals surface area (Å²) >= 11 is 1.40. The van der Waals surface area contributed by atoms with Gasteiger partial charge in [-0.15, -0.1) is 11.3 Å². The zero-order valence-electron chi connectivity index (χ0n) is 12.4. The lowest BCUT2D eigenvalue weighted by molar-refractivity contribution is -0.384. The molecule has 0 spiro atoms. The molecule has 0 amide bonds. The second kappa shape index (κ2) is 6.15. The third kappa shape index (κ3) is 4.05. The number of nitro benzene ring substituents is 1. The number of hydrogen-bond donors (Lipinski definition) is 0. The Labute approximate surface area is 131 Å². The number of non-ortho nitro benzene ring substituents is 1. The number of benzene rings is 1. The first kappa shape index (κ1) is 16.0. The SMILES string of the molecule is CC(C)(C)OC(=O)Oc1ccc([N+](=O)[O-])cc1-c1cccs1. The maximum absolute atomic E-state index is 11.8. The molecule has 0 aliphatic rings. The molecule has 0 saturated heterocycles. The summed E-state index contributed by atoms with van der Waals surface area (Å²) in [4.78, 5) is 23.0. The van der Waals surface area contributed by atoms with Crippen molar-refractivity contribution in [2.45, 2.75) is 26.4 Å². The molecule has 0 atom stereocenters. The fraction of sp³-hybridized carbons (Fsp3) is 0.267. The number of thiophene rings is 1. The molecule has 1 heterocycles. The van der Waals surface area contributed by atoms with E-state index >= 15 is 0 Å². The lowest BCUT2D eigenvalue weighted by atomic mass is 10.1.